The molecule has 0 aliphatic carbocycles. The summed E-state index contributed by atoms with van der Waals surface area (Å²) in [5.41, 5.74) is 0.471. The van der Waals surface area contributed by atoms with Crippen LogP contribution in [0.25, 0.3) is 0 Å². The summed E-state index contributed by atoms with van der Waals surface area (Å²) in [6.07, 6.45) is 1.60. The van der Waals surface area contributed by atoms with Crippen LogP contribution in [0.5, 0.6) is 0 Å². The molecule has 3 rings (SSSR count). The van der Waals surface area contributed by atoms with Gasteiger partial charge in [0.15, 0.2) is 0 Å². The lowest BCUT2D eigenvalue weighted by Crippen LogP contribution is -2.27. The van der Waals surface area contributed by atoms with Crippen molar-refractivity contribution in [3.05, 3.63) is 57.6 Å². The molecule has 2 aromatic rings. The second-order valence-electron chi connectivity index (χ2n) is 5.68. The molecule has 0 radical (unpaired) electrons. The molecule has 132 valence electrons. The van der Waals surface area contributed by atoms with Gasteiger partial charge in [0.2, 0.25) is 10.0 Å². The molecule has 25 heavy (non-hydrogen) atoms. The van der Waals surface area contributed by atoms with E-state index in [0.29, 0.717) is 23.8 Å². The normalized spacial score (nSPS) is 15.2. The average Bonchev–Trinajstić information content (AvgIpc) is 3.10. The van der Waals surface area contributed by atoms with Gasteiger partial charge in [-0.2, -0.15) is 4.31 Å². The number of hydrogen-bond donors (Lipinski definition) is 1. The number of rotatable bonds is 5. The van der Waals surface area contributed by atoms with Crippen LogP contribution in [0.15, 0.2) is 47.4 Å². The number of nitro groups is 1. The lowest BCUT2D eigenvalue weighted by molar-refractivity contribution is -0.384. The molecule has 9 heteroatoms. The van der Waals surface area contributed by atoms with Gasteiger partial charge in [0.1, 0.15) is 5.69 Å². The third-order valence-electron chi connectivity index (χ3n) is 3.97. The summed E-state index contributed by atoms with van der Waals surface area (Å²) in [5.74, 6) is 0. The highest BCUT2D eigenvalue weighted by Gasteiger charge is 2.29. The van der Waals surface area contributed by atoms with Crippen LogP contribution in [0.1, 0.15) is 12.8 Å². The lowest BCUT2D eigenvalue weighted by Gasteiger charge is -2.16. The topological polar surface area (TPSA) is 92.5 Å². The van der Waals surface area contributed by atoms with Crippen molar-refractivity contribution < 1.29 is 13.3 Å². The number of nitrogens with one attached hydrogen (secondary N) is 1. The van der Waals surface area contributed by atoms with Gasteiger partial charge in [-0.05, 0) is 43.2 Å². The van der Waals surface area contributed by atoms with Crippen molar-refractivity contribution in [2.45, 2.75) is 17.7 Å². The number of halogens is 1. The first-order valence-electron chi connectivity index (χ1n) is 7.69. The van der Waals surface area contributed by atoms with E-state index in [1.54, 1.807) is 24.3 Å². The van der Waals surface area contributed by atoms with Crippen molar-refractivity contribution in [1.82, 2.24) is 4.31 Å². The van der Waals surface area contributed by atoms with E-state index in [4.69, 9.17) is 11.6 Å². The minimum Gasteiger partial charge on any atom is -0.350 e. The molecule has 0 bridgehead atoms. The van der Waals surface area contributed by atoms with Crippen LogP contribution < -0.4 is 5.32 Å². The molecule has 1 heterocycles. The molecule has 0 amide bonds. The van der Waals surface area contributed by atoms with Crippen LogP contribution in [0, 0.1) is 10.1 Å². The molecule has 1 fully saturated rings. The van der Waals surface area contributed by atoms with E-state index in [1.807, 2.05) is 0 Å². The van der Waals surface area contributed by atoms with Crippen LogP contribution in [0.2, 0.25) is 5.02 Å². The lowest BCUT2D eigenvalue weighted by atomic mass is 10.2. The molecule has 0 unspecified atom stereocenters. The van der Waals surface area contributed by atoms with Crippen molar-refractivity contribution in [1.29, 1.82) is 0 Å². The fraction of sp³-hybridized carbons (Fsp3) is 0.250. The maximum Gasteiger partial charge on any atom is 0.294 e. The van der Waals surface area contributed by atoms with E-state index >= 15 is 0 Å². The number of nitro benzene ring substituents is 1. The van der Waals surface area contributed by atoms with Crippen molar-refractivity contribution >= 4 is 38.7 Å². The van der Waals surface area contributed by atoms with Gasteiger partial charge in [0.05, 0.1) is 9.82 Å². The second-order valence-corrected chi connectivity index (χ2v) is 8.06. The largest absolute Gasteiger partial charge is 0.350 e. The standard InChI is InChI=1S/C16H16ClN3O4S/c17-12-4-3-5-13(10-12)18-15-7-6-14(11-16(15)20(21)22)25(23,24)19-8-1-2-9-19/h3-7,10-11,18H,1-2,8-9H2. The Morgan fingerprint density at radius 1 is 1.12 bits per heavy atom. The highest BCUT2D eigenvalue weighted by Crippen LogP contribution is 2.32. The molecule has 1 aliphatic rings. The molecule has 2 aromatic carbocycles. The van der Waals surface area contributed by atoms with E-state index in [-0.39, 0.29) is 16.3 Å². The molecule has 1 aliphatic heterocycles. The predicted molar refractivity (Wildman–Crippen MR) is 95.8 cm³/mol. The maximum atomic E-state index is 12.6. The highest BCUT2D eigenvalue weighted by atomic mass is 35.5. The van der Waals surface area contributed by atoms with E-state index in [0.717, 1.165) is 18.9 Å². The highest BCUT2D eigenvalue weighted by molar-refractivity contribution is 7.89. The Morgan fingerprint density at radius 3 is 2.48 bits per heavy atom. The van der Waals surface area contributed by atoms with E-state index < -0.39 is 14.9 Å². The summed E-state index contributed by atoms with van der Waals surface area (Å²) in [7, 11) is -3.71. The molecule has 1 N–H and O–H groups in total. The van der Waals surface area contributed by atoms with E-state index in [1.165, 1.54) is 16.4 Å². The third kappa shape index (κ3) is 3.76. The molecule has 7 nitrogen and oxygen atoms in total. The summed E-state index contributed by atoms with van der Waals surface area (Å²) in [6, 6.07) is 10.6. The van der Waals surface area contributed by atoms with Gasteiger partial charge in [0.25, 0.3) is 5.69 Å². The fourth-order valence-electron chi connectivity index (χ4n) is 2.73. The fourth-order valence-corrected chi connectivity index (χ4v) is 4.46. The Balaban J connectivity index is 1.97. The summed E-state index contributed by atoms with van der Waals surface area (Å²) in [4.78, 5) is 10.7. The van der Waals surface area contributed by atoms with Crippen LogP contribution in [0.4, 0.5) is 17.1 Å². The molecular weight excluding hydrogens is 366 g/mol. The number of anilines is 2. The molecule has 0 spiro atoms. The van der Waals surface area contributed by atoms with Gasteiger partial charge < -0.3 is 5.32 Å². The van der Waals surface area contributed by atoms with E-state index in [2.05, 4.69) is 5.32 Å². The Kier molecular flexibility index (Phi) is 4.94. The summed E-state index contributed by atoms with van der Waals surface area (Å²) in [5, 5.41) is 14.8. The Bertz CT molecular complexity index is 911. The first-order chi connectivity index (χ1) is 11.9. The van der Waals surface area contributed by atoms with Gasteiger partial charge in [-0.15, -0.1) is 0 Å². The SMILES string of the molecule is O=[N+]([O-])c1cc(S(=O)(=O)N2CCCC2)ccc1Nc1cccc(Cl)c1. The minimum absolute atomic E-state index is 0.0715. The molecule has 0 atom stereocenters. The third-order valence-corrected chi connectivity index (χ3v) is 6.10. The molecule has 1 saturated heterocycles. The van der Waals surface area contributed by atoms with E-state index in [9.17, 15) is 18.5 Å². The molecular formula is C16H16ClN3O4S. The number of nitrogens with zero attached hydrogens (tertiary/aromatic N) is 2. The van der Waals surface area contributed by atoms with Gasteiger partial charge >= 0.3 is 0 Å². The van der Waals surface area contributed by atoms with Crippen molar-refractivity contribution in [3.63, 3.8) is 0 Å². The van der Waals surface area contributed by atoms with Crippen LogP contribution in [-0.4, -0.2) is 30.7 Å². The maximum absolute atomic E-state index is 12.6. The Hall–Kier alpha value is -2.16. The summed E-state index contributed by atoms with van der Waals surface area (Å²) < 4.78 is 26.5. The molecule has 0 saturated carbocycles. The zero-order chi connectivity index (χ0) is 18.0. The number of hydrogen-bond acceptors (Lipinski definition) is 5. The molecule has 0 aromatic heterocycles. The van der Waals surface area contributed by atoms with Crippen LogP contribution >= 0.6 is 11.6 Å². The number of sulfonamides is 1. The number of benzene rings is 2. The Morgan fingerprint density at radius 2 is 1.84 bits per heavy atom. The smallest absolute Gasteiger partial charge is 0.294 e. The van der Waals surface area contributed by atoms with Crippen molar-refractivity contribution in [2.75, 3.05) is 18.4 Å². The summed E-state index contributed by atoms with van der Waals surface area (Å²) in [6.45, 7) is 0.886. The van der Waals surface area contributed by atoms with Gasteiger partial charge in [-0.25, -0.2) is 8.42 Å². The first-order valence-corrected chi connectivity index (χ1v) is 9.51. The second kappa shape index (κ2) is 6.99. The minimum atomic E-state index is -3.71. The summed E-state index contributed by atoms with van der Waals surface area (Å²) >= 11 is 5.91. The zero-order valence-corrected chi connectivity index (χ0v) is 14.8. The van der Waals surface area contributed by atoms with Crippen LogP contribution in [-0.2, 0) is 10.0 Å². The van der Waals surface area contributed by atoms with Gasteiger partial charge in [0, 0.05) is 29.9 Å². The van der Waals surface area contributed by atoms with Crippen molar-refractivity contribution in [3.8, 4) is 0 Å². The zero-order valence-electron chi connectivity index (χ0n) is 13.2. The van der Waals surface area contributed by atoms with Gasteiger partial charge in [-0.3, -0.25) is 10.1 Å². The quantitative estimate of drug-likeness (QED) is 0.628. The van der Waals surface area contributed by atoms with Gasteiger partial charge in [-0.1, -0.05) is 17.7 Å². The van der Waals surface area contributed by atoms with Crippen LogP contribution in [0.3, 0.4) is 0 Å². The predicted octanol–water partition coefficient (Wildman–Crippen LogP) is 3.78. The monoisotopic (exact) mass is 381 g/mol. The Labute approximate surface area is 150 Å². The first kappa shape index (κ1) is 17.7. The average molecular weight is 382 g/mol. The van der Waals surface area contributed by atoms with Crippen molar-refractivity contribution in [2.24, 2.45) is 0 Å².